The van der Waals surface area contributed by atoms with Crippen molar-refractivity contribution in [2.45, 2.75) is 64.2 Å². The first-order chi connectivity index (χ1) is 13.7. The van der Waals surface area contributed by atoms with Gasteiger partial charge in [-0.15, -0.1) is 0 Å². The Morgan fingerprint density at radius 1 is 1.14 bits per heavy atom. The second kappa shape index (κ2) is 8.02. The summed E-state index contributed by atoms with van der Waals surface area (Å²) in [7, 11) is 0. The summed E-state index contributed by atoms with van der Waals surface area (Å²) in [6, 6.07) is 10.6. The summed E-state index contributed by atoms with van der Waals surface area (Å²) in [5.41, 5.74) is 3.30. The number of hydrogen-bond acceptors (Lipinski definition) is 3. The Balaban J connectivity index is 1.60. The van der Waals surface area contributed by atoms with Crippen LogP contribution in [0.1, 0.15) is 75.7 Å². The van der Waals surface area contributed by atoms with E-state index < -0.39 is 0 Å². The van der Waals surface area contributed by atoms with E-state index in [0.717, 1.165) is 36.9 Å². The SMILES string of the molecule is [C-]#[N+]c1nc(C2CCCC2)oc1-n1ccc(-c2ccc(C(CC)CC)cc2)n1. The van der Waals surface area contributed by atoms with Crippen molar-refractivity contribution in [3.8, 4) is 17.1 Å². The summed E-state index contributed by atoms with van der Waals surface area (Å²) in [6.45, 7) is 11.9. The predicted molar refractivity (Wildman–Crippen MR) is 110 cm³/mol. The lowest BCUT2D eigenvalue weighted by Gasteiger charge is -2.12. The van der Waals surface area contributed by atoms with Gasteiger partial charge in [0.05, 0.1) is 11.6 Å². The Labute approximate surface area is 166 Å². The van der Waals surface area contributed by atoms with Crippen LogP contribution in [0, 0.1) is 6.57 Å². The molecule has 3 aromatic rings. The van der Waals surface area contributed by atoms with Crippen LogP contribution < -0.4 is 0 Å². The van der Waals surface area contributed by atoms with E-state index in [4.69, 9.17) is 11.0 Å². The minimum absolute atomic E-state index is 0.292. The van der Waals surface area contributed by atoms with Crippen molar-refractivity contribution >= 4 is 5.82 Å². The third-order valence-corrected chi connectivity index (χ3v) is 5.88. The van der Waals surface area contributed by atoms with Crippen LogP contribution in [0.2, 0.25) is 0 Å². The van der Waals surface area contributed by atoms with Gasteiger partial charge in [-0.25, -0.2) is 4.68 Å². The van der Waals surface area contributed by atoms with E-state index in [1.54, 1.807) is 4.68 Å². The van der Waals surface area contributed by atoms with Gasteiger partial charge < -0.3 is 9.26 Å². The fourth-order valence-electron chi connectivity index (χ4n) is 4.17. The normalized spacial score (nSPS) is 14.6. The van der Waals surface area contributed by atoms with Gasteiger partial charge in [0.25, 0.3) is 5.89 Å². The molecule has 1 fully saturated rings. The molecule has 0 aliphatic heterocycles. The molecule has 4 rings (SSSR count). The second-order valence-corrected chi connectivity index (χ2v) is 7.56. The highest BCUT2D eigenvalue weighted by Gasteiger charge is 2.28. The van der Waals surface area contributed by atoms with Gasteiger partial charge in [-0.2, -0.15) is 5.10 Å². The molecule has 28 heavy (non-hydrogen) atoms. The van der Waals surface area contributed by atoms with Gasteiger partial charge in [-0.05, 0) is 43.2 Å². The van der Waals surface area contributed by atoms with E-state index in [9.17, 15) is 0 Å². The van der Waals surface area contributed by atoms with Gasteiger partial charge in [0.15, 0.2) is 0 Å². The molecule has 0 saturated heterocycles. The molecule has 0 radical (unpaired) electrons. The minimum atomic E-state index is 0.292. The summed E-state index contributed by atoms with van der Waals surface area (Å²) in [5.74, 6) is 2.35. The van der Waals surface area contributed by atoms with Crippen LogP contribution in [0.25, 0.3) is 22.0 Å². The van der Waals surface area contributed by atoms with Crippen LogP contribution in [-0.4, -0.2) is 14.8 Å². The summed E-state index contributed by atoms with van der Waals surface area (Å²) in [4.78, 5) is 7.99. The van der Waals surface area contributed by atoms with Gasteiger partial charge in [0, 0.05) is 11.8 Å². The number of aromatic nitrogens is 3. The molecule has 0 unspecified atom stereocenters. The first-order valence-electron chi connectivity index (χ1n) is 10.3. The first-order valence-corrected chi connectivity index (χ1v) is 10.3. The number of hydrogen-bond donors (Lipinski definition) is 0. The molecule has 1 aromatic carbocycles. The van der Waals surface area contributed by atoms with E-state index in [-0.39, 0.29) is 0 Å². The lowest BCUT2D eigenvalue weighted by molar-refractivity contribution is 0.430. The molecular formula is C23H26N4O. The van der Waals surface area contributed by atoms with E-state index in [1.807, 2.05) is 12.3 Å². The van der Waals surface area contributed by atoms with Crippen molar-refractivity contribution < 1.29 is 4.42 Å². The highest BCUT2D eigenvalue weighted by molar-refractivity contribution is 5.60. The zero-order valence-electron chi connectivity index (χ0n) is 16.6. The third kappa shape index (κ3) is 3.47. The fraction of sp³-hybridized carbons (Fsp3) is 0.435. The van der Waals surface area contributed by atoms with Crippen molar-refractivity contribution in [1.29, 1.82) is 0 Å². The van der Waals surface area contributed by atoms with Crippen LogP contribution in [0.3, 0.4) is 0 Å². The van der Waals surface area contributed by atoms with Gasteiger partial charge in [-0.1, -0.05) is 62.5 Å². The Bertz CT molecular complexity index is 967. The molecule has 0 bridgehead atoms. The van der Waals surface area contributed by atoms with E-state index >= 15 is 0 Å². The highest BCUT2D eigenvalue weighted by Crippen LogP contribution is 2.37. The van der Waals surface area contributed by atoms with E-state index in [0.29, 0.717) is 29.4 Å². The van der Waals surface area contributed by atoms with Gasteiger partial charge >= 0.3 is 5.82 Å². The average molecular weight is 374 g/mol. The second-order valence-electron chi connectivity index (χ2n) is 7.56. The predicted octanol–water partition coefficient (Wildman–Crippen LogP) is 6.64. The molecule has 1 aliphatic rings. The van der Waals surface area contributed by atoms with Crippen LogP contribution in [0.5, 0.6) is 0 Å². The molecule has 5 heteroatoms. The largest absolute Gasteiger partial charge is 0.414 e. The number of benzene rings is 1. The average Bonchev–Trinajstić information content (AvgIpc) is 3.48. The monoisotopic (exact) mass is 374 g/mol. The molecule has 1 aliphatic carbocycles. The molecule has 0 spiro atoms. The maximum absolute atomic E-state index is 7.45. The van der Waals surface area contributed by atoms with E-state index in [2.05, 4.69) is 53.0 Å². The lowest BCUT2D eigenvalue weighted by atomic mass is 9.93. The molecule has 0 N–H and O–H groups in total. The number of nitrogens with zero attached hydrogens (tertiary/aromatic N) is 4. The molecule has 0 atom stereocenters. The maximum Gasteiger partial charge on any atom is 0.335 e. The molecule has 2 heterocycles. The van der Waals surface area contributed by atoms with Crippen LogP contribution in [0.4, 0.5) is 5.82 Å². The van der Waals surface area contributed by atoms with Crippen molar-refractivity contribution in [2.24, 2.45) is 0 Å². The van der Waals surface area contributed by atoms with Gasteiger partial charge in [0.1, 0.15) is 0 Å². The zero-order valence-corrected chi connectivity index (χ0v) is 16.6. The Morgan fingerprint density at radius 3 is 2.50 bits per heavy atom. The van der Waals surface area contributed by atoms with Crippen LogP contribution >= 0.6 is 0 Å². The first kappa shape index (κ1) is 18.5. The number of oxazole rings is 1. The molecule has 5 nitrogen and oxygen atoms in total. The summed E-state index contributed by atoms with van der Waals surface area (Å²) >= 11 is 0. The van der Waals surface area contributed by atoms with Crippen LogP contribution in [0.15, 0.2) is 40.9 Å². The molecule has 1 saturated carbocycles. The van der Waals surface area contributed by atoms with Gasteiger partial charge in [-0.3, -0.25) is 0 Å². The van der Waals surface area contributed by atoms with Crippen molar-refractivity contribution in [1.82, 2.24) is 14.8 Å². The quantitative estimate of drug-likeness (QED) is 0.454. The minimum Gasteiger partial charge on any atom is -0.414 e. The fourth-order valence-corrected chi connectivity index (χ4v) is 4.17. The topological polar surface area (TPSA) is 48.2 Å². The Hall–Kier alpha value is -2.87. The zero-order chi connectivity index (χ0) is 19.5. The van der Waals surface area contributed by atoms with Crippen LogP contribution in [-0.2, 0) is 0 Å². The molecule has 144 valence electrons. The summed E-state index contributed by atoms with van der Waals surface area (Å²) in [6.07, 6.45) is 8.73. The standard InChI is InChI=1S/C23H26N4O/c1-4-16(5-2)17-10-12-18(13-11-17)20-14-15-27(26-20)23-21(24-3)25-22(28-23)19-8-6-7-9-19/h10-16,19H,4-9H2,1-2H3. The summed E-state index contributed by atoms with van der Waals surface area (Å²) in [5, 5.41) is 4.65. The highest BCUT2D eigenvalue weighted by atomic mass is 16.4. The van der Waals surface area contributed by atoms with Crippen molar-refractivity contribution in [3.05, 3.63) is 59.4 Å². The molecule has 0 amide bonds. The van der Waals surface area contributed by atoms with Crippen molar-refractivity contribution in [3.63, 3.8) is 0 Å². The third-order valence-electron chi connectivity index (χ3n) is 5.88. The Morgan fingerprint density at radius 2 is 1.86 bits per heavy atom. The maximum atomic E-state index is 7.45. The van der Waals surface area contributed by atoms with Crippen molar-refractivity contribution in [2.75, 3.05) is 0 Å². The van der Waals surface area contributed by atoms with E-state index in [1.165, 1.54) is 18.4 Å². The smallest absolute Gasteiger partial charge is 0.335 e. The molecular weight excluding hydrogens is 348 g/mol. The molecule has 2 aromatic heterocycles. The van der Waals surface area contributed by atoms with Gasteiger partial charge in [0.2, 0.25) is 5.88 Å². The summed E-state index contributed by atoms with van der Waals surface area (Å²) < 4.78 is 7.62. The Kier molecular flexibility index (Phi) is 5.29. The number of rotatable bonds is 6. The lowest BCUT2D eigenvalue weighted by Crippen LogP contribution is -1.96.